The molecule has 0 saturated carbocycles. The molecule has 0 radical (unpaired) electrons. The Hall–Kier alpha value is -1.77. The smallest absolute Gasteiger partial charge is 0.185 e. The van der Waals surface area contributed by atoms with Crippen LogP contribution in [0.1, 0.15) is 10.6 Å². The molecule has 0 bridgehead atoms. The molecule has 2 aromatic rings. The van der Waals surface area contributed by atoms with E-state index in [1.165, 1.54) is 0 Å². The van der Waals surface area contributed by atoms with Crippen LogP contribution in [0.4, 0.5) is 0 Å². The average Bonchev–Trinajstić information content (AvgIpc) is 2.59. The Kier molecular flexibility index (Phi) is 1.77. The van der Waals surface area contributed by atoms with Crippen molar-refractivity contribution in [1.29, 1.82) is 0 Å². The third-order valence-electron chi connectivity index (χ3n) is 1.88. The van der Waals surface area contributed by atoms with Gasteiger partial charge in [0.2, 0.25) is 0 Å². The topological polar surface area (TPSA) is 39.4 Å². The van der Waals surface area contributed by atoms with Crippen LogP contribution in [-0.2, 0) is 0 Å². The van der Waals surface area contributed by atoms with Gasteiger partial charge < -0.3 is 9.15 Å². The maximum Gasteiger partial charge on any atom is 0.185 e. The molecule has 0 spiro atoms. The molecule has 1 aromatic heterocycles. The van der Waals surface area contributed by atoms with Crippen molar-refractivity contribution < 1.29 is 13.9 Å². The van der Waals surface area contributed by atoms with Crippen molar-refractivity contribution in [1.82, 2.24) is 0 Å². The predicted octanol–water partition coefficient (Wildman–Crippen LogP) is 2.25. The minimum absolute atomic E-state index is 0.319. The molecule has 3 nitrogen and oxygen atoms in total. The Morgan fingerprint density at radius 2 is 2.31 bits per heavy atom. The highest BCUT2D eigenvalue weighted by Gasteiger charge is 2.06. The molecule has 0 aliphatic heterocycles. The SMILES string of the molecule is COc1cccc2oc(C=O)cc12. The molecule has 0 fully saturated rings. The van der Waals surface area contributed by atoms with Crippen LogP contribution in [-0.4, -0.2) is 13.4 Å². The van der Waals surface area contributed by atoms with E-state index < -0.39 is 0 Å². The summed E-state index contributed by atoms with van der Waals surface area (Å²) in [6.07, 6.45) is 0.680. The lowest BCUT2D eigenvalue weighted by Gasteiger charge is -1.98. The van der Waals surface area contributed by atoms with Crippen molar-refractivity contribution in [2.75, 3.05) is 7.11 Å². The molecular formula is C10H8O3. The Balaban J connectivity index is 2.74. The van der Waals surface area contributed by atoms with E-state index >= 15 is 0 Å². The highest BCUT2D eigenvalue weighted by Crippen LogP contribution is 2.27. The van der Waals surface area contributed by atoms with Gasteiger partial charge in [0.1, 0.15) is 11.3 Å². The first-order valence-electron chi connectivity index (χ1n) is 3.87. The molecule has 0 unspecified atom stereocenters. The van der Waals surface area contributed by atoms with E-state index in [1.54, 1.807) is 19.2 Å². The molecule has 0 N–H and O–H groups in total. The zero-order valence-electron chi connectivity index (χ0n) is 7.11. The summed E-state index contributed by atoms with van der Waals surface area (Å²) in [5, 5.41) is 0.826. The van der Waals surface area contributed by atoms with Gasteiger partial charge >= 0.3 is 0 Å². The largest absolute Gasteiger partial charge is 0.496 e. The van der Waals surface area contributed by atoms with E-state index in [2.05, 4.69) is 0 Å². The number of ether oxygens (including phenoxy) is 1. The quantitative estimate of drug-likeness (QED) is 0.659. The van der Waals surface area contributed by atoms with Gasteiger partial charge in [-0.1, -0.05) is 6.07 Å². The van der Waals surface area contributed by atoms with E-state index in [0.29, 0.717) is 23.4 Å². The second kappa shape index (κ2) is 2.94. The maximum atomic E-state index is 10.4. The fraction of sp³-hybridized carbons (Fsp3) is 0.100. The van der Waals surface area contributed by atoms with Crippen molar-refractivity contribution in [3.63, 3.8) is 0 Å². The molecule has 1 heterocycles. The number of fused-ring (bicyclic) bond motifs is 1. The van der Waals surface area contributed by atoms with E-state index in [4.69, 9.17) is 9.15 Å². The van der Waals surface area contributed by atoms with E-state index in [1.807, 2.05) is 12.1 Å². The van der Waals surface area contributed by atoms with Crippen LogP contribution in [0.2, 0.25) is 0 Å². The molecule has 0 amide bonds. The number of benzene rings is 1. The molecule has 3 heteroatoms. The first-order chi connectivity index (χ1) is 6.35. The van der Waals surface area contributed by atoms with Crippen molar-refractivity contribution in [2.24, 2.45) is 0 Å². The number of aldehydes is 1. The van der Waals surface area contributed by atoms with Gasteiger partial charge in [0, 0.05) is 0 Å². The van der Waals surface area contributed by atoms with Crippen LogP contribution in [0.25, 0.3) is 11.0 Å². The molecule has 0 aliphatic carbocycles. The molecule has 2 rings (SSSR count). The zero-order valence-corrected chi connectivity index (χ0v) is 7.11. The monoisotopic (exact) mass is 176 g/mol. The number of hydrogen-bond donors (Lipinski definition) is 0. The molecule has 66 valence electrons. The lowest BCUT2D eigenvalue weighted by atomic mass is 10.2. The van der Waals surface area contributed by atoms with Gasteiger partial charge in [-0.2, -0.15) is 0 Å². The van der Waals surface area contributed by atoms with E-state index in [0.717, 1.165) is 5.39 Å². The fourth-order valence-electron chi connectivity index (χ4n) is 1.29. The number of carbonyl (C=O) groups is 1. The molecular weight excluding hydrogens is 168 g/mol. The number of carbonyl (C=O) groups excluding carboxylic acids is 1. The number of rotatable bonds is 2. The zero-order chi connectivity index (χ0) is 9.26. The third-order valence-corrected chi connectivity index (χ3v) is 1.88. The summed E-state index contributed by atoms with van der Waals surface area (Å²) in [4.78, 5) is 10.4. The molecule has 13 heavy (non-hydrogen) atoms. The standard InChI is InChI=1S/C10H8O3/c1-12-9-3-2-4-10-8(9)5-7(6-11)13-10/h2-6H,1H3. The summed E-state index contributed by atoms with van der Waals surface area (Å²) < 4.78 is 10.3. The summed E-state index contributed by atoms with van der Waals surface area (Å²) in [7, 11) is 1.59. The Bertz CT molecular complexity index is 442. The third kappa shape index (κ3) is 1.18. The minimum Gasteiger partial charge on any atom is -0.496 e. The van der Waals surface area contributed by atoms with Gasteiger partial charge in [-0.25, -0.2) is 0 Å². The molecule has 1 aromatic carbocycles. The van der Waals surface area contributed by atoms with Crippen LogP contribution in [0, 0.1) is 0 Å². The van der Waals surface area contributed by atoms with Gasteiger partial charge in [-0.15, -0.1) is 0 Å². The fourth-order valence-corrected chi connectivity index (χ4v) is 1.29. The van der Waals surface area contributed by atoms with Crippen molar-refractivity contribution in [2.45, 2.75) is 0 Å². The Labute approximate surface area is 74.9 Å². The van der Waals surface area contributed by atoms with Crippen molar-refractivity contribution >= 4 is 17.3 Å². The van der Waals surface area contributed by atoms with Crippen LogP contribution in [0.15, 0.2) is 28.7 Å². The average molecular weight is 176 g/mol. The second-order valence-corrected chi connectivity index (χ2v) is 2.64. The van der Waals surface area contributed by atoms with Crippen LogP contribution in [0.5, 0.6) is 5.75 Å². The number of hydrogen-bond acceptors (Lipinski definition) is 3. The summed E-state index contributed by atoms with van der Waals surface area (Å²) in [5.41, 5.74) is 0.668. The number of methoxy groups -OCH3 is 1. The van der Waals surface area contributed by atoms with Crippen LogP contribution in [0.3, 0.4) is 0 Å². The lowest BCUT2D eigenvalue weighted by molar-refractivity contribution is 0.110. The van der Waals surface area contributed by atoms with Crippen LogP contribution < -0.4 is 4.74 Å². The molecule has 0 aliphatic rings. The maximum absolute atomic E-state index is 10.4. The summed E-state index contributed by atoms with van der Waals surface area (Å²) in [5.74, 6) is 1.04. The lowest BCUT2D eigenvalue weighted by Crippen LogP contribution is -1.81. The van der Waals surface area contributed by atoms with Gasteiger partial charge in [0.15, 0.2) is 12.0 Å². The minimum atomic E-state index is 0.319. The van der Waals surface area contributed by atoms with Gasteiger partial charge in [0.05, 0.1) is 12.5 Å². The summed E-state index contributed by atoms with van der Waals surface area (Å²) >= 11 is 0. The van der Waals surface area contributed by atoms with Gasteiger partial charge in [0.25, 0.3) is 0 Å². The second-order valence-electron chi connectivity index (χ2n) is 2.64. The number of furan rings is 1. The van der Waals surface area contributed by atoms with E-state index in [9.17, 15) is 4.79 Å². The molecule has 0 saturated heterocycles. The highest BCUT2D eigenvalue weighted by atomic mass is 16.5. The van der Waals surface area contributed by atoms with Crippen LogP contribution >= 0.6 is 0 Å². The molecule has 0 atom stereocenters. The summed E-state index contributed by atoms with van der Waals surface area (Å²) in [6.45, 7) is 0. The van der Waals surface area contributed by atoms with E-state index in [-0.39, 0.29) is 0 Å². The van der Waals surface area contributed by atoms with Crippen molar-refractivity contribution in [3.05, 3.63) is 30.0 Å². The summed E-state index contributed by atoms with van der Waals surface area (Å²) in [6, 6.07) is 7.11. The van der Waals surface area contributed by atoms with Gasteiger partial charge in [-0.05, 0) is 18.2 Å². The first-order valence-corrected chi connectivity index (χ1v) is 3.87. The Morgan fingerprint density at radius 1 is 1.46 bits per heavy atom. The van der Waals surface area contributed by atoms with Gasteiger partial charge in [-0.3, -0.25) is 4.79 Å². The Morgan fingerprint density at radius 3 is 3.00 bits per heavy atom. The normalized spacial score (nSPS) is 10.2. The van der Waals surface area contributed by atoms with Crippen molar-refractivity contribution in [3.8, 4) is 5.75 Å². The first kappa shape index (κ1) is 7.86. The highest BCUT2D eigenvalue weighted by molar-refractivity contribution is 5.89. The predicted molar refractivity (Wildman–Crippen MR) is 48.2 cm³/mol.